The summed E-state index contributed by atoms with van der Waals surface area (Å²) in [5.41, 5.74) is 3.03. The smallest absolute Gasteiger partial charge is 0.317 e. The third-order valence-electron chi connectivity index (χ3n) is 5.17. The molecule has 0 radical (unpaired) electrons. The van der Waals surface area contributed by atoms with Crippen molar-refractivity contribution in [3.05, 3.63) is 29.6 Å². The first-order chi connectivity index (χ1) is 14.3. The number of nitrogens with zero attached hydrogens (tertiary/aromatic N) is 3. The highest BCUT2D eigenvalue weighted by molar-refractivity contribution is 5.78. The van der Waals surface area contributed by atoms with Gasteiger partial charge in [-0.15, -0.1) is 0 Å². The van der Waals surface area contributed by atoms with Crippen LogP contribution in [0.3, 0.4) is 0 Å². The molecule has 1 saturated heterocycles. The van der Waals surface area contributed by atoms with Crippen LogP contribution in [0.15, 0.2) is 18.2 Å². The molecule has 9 nitrogen and oxygen atoms in total. The van der Waals surface area contributed by atoms with Crippen molar-refractivity contribution in [1.82, 2.24) is 25.1 Å². The maximum Gasteiger partial charge on any atom is 0.317 e. The number of aryl methyl sites for hydroxylation is 1. The molecule has 0 aliphatic carbocycles. The minimum absolute atomic E-state index is 0.123. The molecular weight excluding hydrogens is 386 g/mol. The molecule has 3 N–H and O–H groups in total. The average Bonchev–Trinajstić information content (AvgIpc) is 3.10. The number of fused-ring (bicyclic) bond motifs is 1. The highest BCUT2D eigenvalue weighted by atomic mass is 16.3. The summed E-state index contributed by atoms with van der Waals surface area (Å²) in [6.45, 7) is 6.41. The van der Waals surface area contributed by atoms with Gasteiger partial charge in [-0.2, -0.15) is 0 Å². The van der Waals surface area contributed by atoms with Gasteiger partial charge in [0.1, 0.15) is 5.82 Å². The largest absolute Gasteiger partial charge is 0.483 e. The second-order valence-electron chi connectivity index (χ2n) is 7.71. The summed E-state index contributed by atoms with van der Waals surface area (Å²) in [7, 11) is 1.72. The van der Waals surface area contributed by atoms with Gasteiger partial charge in [0.25, 0.3) is 6.47 Å². The number of benzene rings is 1. The van der Waals surface area contributed by atoms with Gasteiger partial charge in [-0.3, -0.25) is 9.59 Å². The quantitative estimate of drug-likeness (QED) is 0.646. The second-order valence-corrected chi connectivity index (χ2v) is 7.71. The zero-order valence-corrected chi connectivity index (χ0v) is 17.9. The predicted molar refractivity (Wildman–Crippen MR) is 114 cm³/mol. The second kappa shape index (κ2) is 11.2. The number of carbonyl (C=O) groups excluding carboxylic acids is 2. The summed E-state index contributed by atoms with van der Waals surface area (Å²) < 4.78 is 0. The zero-order chi connectivity index (χ0) is 22.1. The van der Waals surface area contributed by atoms with Gasteiger partial charge in [0, 0.05) is 33.1 Å². The molecule has 0 spiro atoms. The number of aromatic nitrogens is 2. The summed E-state index contributed by atoms with van der Waals surface area (Å²) in [5, 5.41) is 9.71. The molecule has 1 aromatic heterocycles. The fourth-order valence-electron chi connectivity index (χ4n) is 3.38. The zero-order valence-electron chi connectivity index (χ0n) is 17.9. The van der Waals surface area contributed by atoms with Crippen molar-refractivity contribution in [3.8, 4) is 0 Å². The number of carbonyl (C=O) groups is 3. The van der Waals surface area contributed by atoms with Crippen LogP contribution in [0.2, 0.25) is 0 Å². The van der Waals surface area contributed by atoms with Gasteiger partial charge in [0.05, 0.1) is 17.6 Å². The predicted octanol–water partition coefficient (Wildman–Crippen LogP) is 2.36. The Bertz CT molecular complexity index is 858. The van der Waals surface area contributed by atoms with Crippen molar-refractivity contribution >= 4 is 29.4 Å². The van der Waals surface area contributed by atoms with E-state index in [4.69, 9.17) is 9.90 Å². The summed E-state index contributed by atoms with van der Waals surface area (Å²) in [5.74, 6) is 1.56. The lowest BCUT2D eigenvalue weighted by molar-refractivity contribution is -0.132. The van der Waals surface area contributed by atoms with Crippen molar-refractivity contribution in [2.75, 3.05) is 26.7 Å². The highest BCUT2D eigenvalue weighted by Crippen LogP contribution is 2.16. The van der Waals surface area contributed by atoms with Crippen LogP contribution in [0, 0.1) is 12.8 Å². The molecule has 164 valence electrons. The molecule has 1 aromatic carbocycles. The number of nitrogens with one attached hydrogen (secondary N) is 2. The molecule has 0 saturated carbocycles. The highest BCUT2D eigenvalue weighted by Gasteiger charge is 2.20. The molecule has 2 aromatic rings. The Balaban J connectivity index is 0.00000101. The third-order valence-corrected chi connectivity index (χ3v) is 5.17. The lowest BCUT2D eigenvalue weighted by atomic mass is 9.99. The van der Waals surface area contributed by atoms with Crippen LogP contribution in [0.4, 0.5) is 4.79 Å². The normalized spacial score (nSPS) is 14.0. The number of rotatable bonds is 5. The molecule has 2 heterocycles. The Morgan fingerprint density at radius 2 is 2.03 bits per heavy atom. The van der Waals surface area contributed by atoms with Gasteiger partial charge in [0.15, 0.2) is 0 Å². The van der Waals surface area contributed by atoms with Crippen LogP contribution in [0.1, 0.15) is 37.6 Å². The van der Waals surface area contributed by atoms with Crippen LogP contribution in [-0.4, -0.2) is 70.0 Å². The van der Waals surface area contributed by atoms with Gasteiger partial charge in [0.2, 0.25) is 5.91 Å². The average molecular weight is 418 g/mol. The monoisotopic (exact) mass is 417 g/mol. The van der Waals surface area contributed by atoms with Gasteiger partial charge < -0.3 is 25.2 Å². The van der Waals surface area contributed by atoms with Crippen LogP contribution in [-0.2, 0) is 16.1 Å². The van der Waals surface area contributed by atoms with E-state index in [9.17, 15) is 9.59 Å². The minimum Gasteiger partial charge on any atom is -0.483 e. The number of urea groups is 1. The standard InChI is InChI=1S/C20H29N5O2.CH2O2/c1-14-7-10-25(11-8-14)19(26)6-9-21-20(27)24(3)13-18-22-16-5-4-15(2)12-17(16)23-18;2-1-3/h4-5,12,14H,6-11,13H2,1-3H3,(H,21,27)(H,22,23);1H,(H,2,3). The number of carboxylic acid groups (broad SMARTS) is 1. The summed E-state index contributed by atoms with van der Waals surface area (Å²) in [4.78, 5) is 44.1. The molecule has 3 rings (SSSR count). The molecule has 9 heteroatoms. The lowest BCUT2D eigenvalue weighted by Gasteiger charge is -2.30. The first-order valence-electron chi connectivity index (χ1n) is 10.1. The van der Waals surface area contributed by atoms with Crippen LogP contribution in [0.5, 0.6) is 0 Å². The van der Waals surface area contributed by atoms with E-state index in [0.29, 0.717) is 25.4 Å². The number of H-pyrrole nitrogens is 1. The summed E-state index contributed by atoms with van der Waals surface area (Å²) in [6, 6.07) is 5.83. The molecule has 30 heavy (non-hydrogen) atoms. The van der Waals surface area contributed by atoms with E-state index in [2.05, 4.69) is 22.2 Å². The lowest BCUT2D eigenvalue weighted by Crippen LogP contribution is -2.41. The van der Waals surface area contributed by atoms with Crippen molar-refractivity contribution in [2.45, 2.75) is 39.7 Å². The van der Waals surface area contributed by atoms with E-state index < -0.39 is 0 Å². The van der Waals surface area contributed by atoms with E-state index in [1.54, 1.807) is 11.9 Å². The van der Waals surface area contributed by atoms with Crippen LogP contribution in [0.25, 0.3) is 11.0 Å². The van der Waals surface area contributed by atoms with Gasteiger partial charge in [-0.1, -0.05) is 13.0 Å². The maximum atomic E-state index is 12.3. The summed E-state index contributed by atoms with van der Waals surface area (Å²) in [6.07, 6.45) is 2.48. The first-order valence-corrected chi connectivity index (χ1v) is 10.1. The Morgan fingerprint density at radius 3 is 2.70 bits per heavy atom. The van der Waals surface area contributed by atoms with Crippen LogP contribution >= 0.6 is 0 Å². The number of hydrogen-bond donors (Lipinski definition) is 3. The number of imidazole rings is 1. The van der Waals surface area contributed by atoms with E-state index in [1.807, 2.05) is 30.0 Å². The molecular formula is C21H31N5O4. The number of hydrogen-bond acceptors (Lipinski definition) is 4. The SMILES string of the molecule is Cc1ccc2nc(CN(C)C(=O)NCCC(=O)N3CCC(C)CC3)[nH]c2c1.O=CO. The number of piperidine rings is 1. The molecule has 0 unspecified atom stereocenters. The molecule has 3 amide bonds. The van der Waals surface area contributed by atoms with Crippen LogP contribution < -0.4 is 5.32 Å². The Morgan fingerprint density at radius 1 is 1.37 bits per heavy atom. The van der Waals surface area contributed by atoms with E-state index in [1.165, 1.54) is 0 Å². The summed E-state index contributed by atoms with van der Waals surface area (Å²) >= 11 is 0. The van der Waals surface area contributed by atoms with Gasteiger partial charge >= 0.3 is 6.03 Å². The Labute approximate surface area is 176 Å². The molecule has 1 fully saturated rings. The van der Waals surface area contributed by atoms with Crippen molar-refractivity contribution in [1.29, 1.82) is 0 Å². The van der Waals surface area contributed by atoms with Crippen molar-refractivity contribution in [3.63, 3.8) is 0 Å². The maximum absolute atomic E-state index is 12.3. The molecule has 1 aliphatic heterocycles. The molecule has 0 atom stereocenters. The fourth-order valence-corrected chi connectivity index (χ4v) is 3.38. The van der Waals surface area contributed by atoms with E-state index in [-0.39, 0.29) is 18.4 Å². The third kappa shape index (κ3) is 6.75. The van der Waals surface area contributed by atoms with E-state index in [0.717, 1.165) is 48.4 Å². The topological polar surface area (TPSA) is 119 Å². The van der Waals surface area contributed by atoms with Crippen molar-refractivity contribution < 1.29 is 19.5 Å². The fraction of sp³-hybridized carbons (Fsp3) is 0.524. The number of aromatic amines is 1. The number of amides is 3. The number of likely N-dealkylation sites (tertiary alicyclic amines) is 1. The molecule has 0 bridgehead atoms. The van der Waals surface area contributed by atoms with E-state index >= 15 is 0 Å². The molecule has 1 aliphatic rings. The first kappa shape index (κ1) is 23.2. The Hall–Kier alpha value is -3.10. The van der Waals surface area contributed by atoms with Gasteiger partial charge in [-0.25, -0.2) is 9.78 Å². The van der Waals surface area contributed by atoms with Gasteiger partial charge in [-0.05, 0) is 43.4 Å². The van der Waals surface area contributed by atoms with Crippen molar-refractivity contribution in [2.24, 2.45) is 5.92 Å². The minimum atomic E-state index is -0.250. The Kier molecular flexibility index (Phi) is 8.64.